The Bertz CT molecular complexity index is 945. The van der Waals surface area contributed by atoms with E-state index in [1.807, 2.05) is 32.0 Å². The van der Waals surface area contributed by atoms with Crippen LogP contribution in [0.3, 0.4) is 0 Å². The molecule has 1 amide bonds. The number of nitrogens with zero attached hydrogens (tertiary/aromatic N) is 1. The number of amides is 1. The monoisotopic (exact) mass is 446 g/mol. The van der Waals surface area contributed by atoms with Crippen LogP contribution in [-0.2, 0) is 11.2 Å². The van der Waals surface area contributed by atoms with Gasteiger partial charge in [0.25, 0.3) is 5.91 Å². The van der Waals surface area contributed by atoms with Crippen molar-refractivity contribution >= 4 is 48.5 Å². The number of benzene rings is 2. The van der Waals surface area contributed by atoms with Crippen molar-refractivity contribution in [3.8, 4) is 5.75 Å². The summed E-state index contributed by atoms with van der Waals surface area (Å²) in [6.07, 6.45) is 3.43. The second-order valence-electron chi connectivity index (χ2n) is 6.65. The number of carbonyl (C=O) groups is 1. The molecule has 3 aromatic rings. The molecule has 1 N–H and O–H groups in total. The van der Waals surface area contributed by atoms with Gasteiger partial charge in [0.2, 0.25) is 0 Å². The first-order valence-electron chi connectivity index (χ1n) is 9.05. The Kier molecular flexibility index (Phi) is 6.50. The van der Waals surface area contributed by atoms with Crippen LogP contribution in [0.5, 0.6) is 5.75 Å². The molecule has 2 aromatic carbocycles. The number of unbranched alkanes of at least 4 members (excludes halogenated alkanes) is 1. The zero-order valence-corrected chi connectivity index (χ0v) is 18.2. The van der Waals surface area contributed by atoms with Crippen molar-refractivity contribution in [2.75, 3.05) is 11.9 Å². The maximum atomic E-state index is 12.3. The number of hydrogen-bond acceptors (Lipinski definition) is 4. The largest absolute Gasteiger partial charge is 0.482 e. The molecular weight excluding hydrogens is 424 g/mol. The number of ether oxygens (including phenoxy) is 1. The van der Waals surface area contributed by atoms with Gasteiger partial charge in [0.05, 0.1) is 14.7 Å². The molecule has 142 valence electrons. The second kappa shape index (κ2) is 8.85. The van der Waals surface area contributed by atoms with Gasteiger partial charge in [-0.3, -0.25) is 10.1 Å². The van der Waals surface area contributed by atoms with Crippen molar-refractivity contribution in [3.63, 3.8) is 0 Å². The van der Waals surface area contributed by atoms with E-state index in [0.29, 0.717) is 10.9 Å². The molecule has 0 atom stereocenters. The number of aromatic nitrogens is 1. The van der Waals surface area contributed by atoms with Gasteiger partial charge in [0.1, 0.15) is 5.75 Å². The zero-order chi connectivity index (χ0) is 19.4. The molecule has 0 aliphatic heterocycles. The fourth-order valence-corrected chi connectivity index (χ4v) is 4.67. The predicted molar refractivity (Wildman–Crippen MR) is 116 cm³/mol. The number of hydrogen-bond donors (Lipinski definition) is 1. The summed E-state index contributed by atoms with van der Waals surface area (Å²) in [6, 6.07) is 10.3. The lowest BCUT2D eigenvalue weighted by molar-refractivity contribution is -0.118. The van der Waals surface area contributed by atoms with Crippen LogP contribution in [0, 0.1) is 13.8 Å². The fourth-order valence-electron chi connectivity index (χ4n) is 2.94. The van der Waals surface area contributed by atoms with Crippen LogP contribution in [0.1, 0.15) is 36.5 Å². The molecule has 0 saturated carbocycles. The van der Waals surface area contributed by atoms with Crippen molar-refractivity contribution in [2.45, 2.75) is 40.0 Å². The number of nitrogens with one attached hydrogen (secondary N) is 1. The number of carbonyl (C=O) groups excluding carboxylic acids is 1. The molecule has 4 nitrogen and oxygen atoms in total. The zero-order valence-electron chi connectivity index (χ0n) is 15.8. The van der Waals surface area contributed by atoms with Crippen LogP contribution in [0.25, 0.3) is 10.2 Å². The average Bonchev–Trinajstić information content (AvgIpc) is 3.00. The summed E-state index contributed by atoms with van der Waals surface area (Å²) in [4.78, 5) is 16.8. The molecular formula is C21H23BrN2O2S. The van der Waals surface area contributed by atoms with Crippen LogP contribution in [0.15, 0.2) is 34.8 Å². The van der Waals surface area contributed by atoms with E-state index in [1.54, 1.807) is 0 Å². The highest BCUT2D eigenvalue weighted by molar-refractivity contribution is 9.10. The Morgan fingerprint density at radius 1 is 1.26 bits per heavy atom. The number of anilines is 1. The standard InChI is InChI=1S/C21H23BrN2O2S/c1-4-5-6-15-7-8-17-18(11-15)27-21(23-17)24-19(25)12-26-20-14(3)9-13(2)10-16(20)22/h7-11H,4-6,12H2,1-3H3,(H,23,24,25). The van der Waals surface area contributed by atoms with Gasteiger partial charge in [-0.1, -0.05) is 36.8 Å². The van der Waals surface area contributed by atoms with Gasteiger partial charge in [0, 0.05) is 0 Å². The molecule has 27 heavy (non-hydrogen) atoms. The van der Waals surface area contributed by atoms with E-state index in [1.165, 1.54) is 29.7 Å². The summed E-state index contributed by atoms with van der Waals surface area (Å²) in [6.45, 7) is 6.13. The maximum Gasteiger partial charge on any atom is 0.264 e. The number of rotatable bonds is 7. The molecule has 0 spiro atoms. The molecule has 0 aliphatic carbocycles. The van der Waals surface area contributed by atoms with E-state index in [2.05, 4.69) is 45.3 Å². The van der Waals surface area contributed by atoms with E-state index in [4.69, 9.17) is 4.74 Å². The SMILES string of the molecule is CCCCc1ccc2nc(NC(=O)COc3c(C)cc(C)cc3Br)sc2c1. The number of thiazole rings is 1. The van der Waals surface area contributed by atoms with Crippen molar-refractivity contribution in [2.24, 2.45) is 0 Å². The lowest BCUT2D eigenvalue weighted by Crippen LogP contribution is -2.20. The summed E-state index contributed by atoms with van der Waals surface area (Å²) >= 11 is 4.99. The van der Waals surface area contributed by atoms with Crippen LogP contribution < -0.4 is 10.1 Å². The van der Waals surface area contributed by atoms with E-state index in [9.17, 15) is 4.79 Å². The number of halogens is 1. The third kappa shape index (κ3) is 5.08. The molecule has 0 aliphatic rings. The fraction of sp³-hybridized carbons (Fsp3) is 0.333. The number of fused-ring (bicyclic) bond motifs is 1. The minimum absolute atomic E-state index is 0.0554. The molecule has 0 bridgehead atoms. The minimum atomic E-state index is -0.216. The van der Waals surface area contributed by atoms with Crippen LogP contribution in [-0.4, -0.2) is 17.5 Å². The van der Waals surface area contributed by atoms with Crippen molar-refractivity contribution in [1.29, 1.82) is 0 Å². The van der Waals surface area contributed by atoms with Gasteiger partial charge >= 0.3 is 0 Å². The summed E-state index contributed by atoms with van der Waals surface area (Å²) in [5, 5.41) is 3.45. The first kappa shape index (κ1) is 19.8. The van der Waals surface area contributed by atoms with Crippen LogP contribution >= 0.6 is 27.3 Å². The third-order valence-electron chi connectivity index (χ3n) is 4.24. The van der Waals surface area contributed by atoms with Crippen LogP contribution in [0.2, 0.25) is 0 Å². The quantitative estimate of drug-likeness (QED) is 0.481. The lowest BCUT2D eigenvalue weighted by Gasteiger charge is -2.11. The Morgan fingerprint density at radius 3 is 2.81 bits per heavy atom. The maximum absolute atomic E-state index is 12.3. The van der Waals surface area contributed by atoms with E-state index in [0.717, 1.165) is 32.2 Å². The number of aryl methyl sites for hydroxylation is 3. The van der Waals surface area contributed by atoms with Gasteiger partial charge < -0.3 is 4.74 Å². The molecule has 0 saturated heterocycles. The van der Waals surface area contributed by atoms with Crippen LogP contribution in [0.4, 0.5) is 5.13 Å². The third-order valence-corrected chi connectivity index (χ3v) is 5.76. The normalized spacial score (nSPS) is 11.0. The summed E-state index contributed by atoms with van der Waals surface area (Å²) < 4.78 is 7.66. The van der Waals surface area contributed by atoms with E-state index < -0.39 is 0 Å². The Hall–Kier alpha value is -1.92. The molecule has 6 heteroatoms. The van der Waals surface area contributed by atoms with E-state index in [-0.39, 0.29) is 12.5 Å². The average molecular weight is 447 g/mol. The summed E-state index contributed by atoms with van der Waals surface area (Å²) in [5.41, 5.74) is 4.36. The minimum Gasteiger partial charge on any atom is -0.482 e. The molecule has 0 fully saturated rings. The molecule has 0 radical (unpaired) electrons. The Morgan fingerprint density at radius 2 is 2.07 bits per heavy atom. The summed E-state index contributed by atoms with van der Waals surface area (Å²) in [5.74, 6) is 0.479. The Labute approximate surface area is 172 Å². The molecule has 1 heterocycles. The van der Waals surface area contributed by atoms with Gasteiger partial charge in [-0.05, 0) is 77.5 Å². The van der Waals surface area contributed by atoms with Gasteiger partial charge in [-0.25, -0.2) is 4.98 Å². The highest BCUT2D eigenvalue weighted by Crippen LogP contribution is 2.30. The molecule has 3 rings (SSSR count). The molecule has 1 aromatic heterocycles. The smallest absolute Gasteiger partial charge is 0.264 e. The van der Waals surface area contributed by atoms with Crippen molar-refractivity contribution in [1.82, 2.24) is 4.98 Å². The van der Waals surface area contributed by atoms with Gasteiger partial charge in [-0.2, -0.15) is 0 Å². The second-order valence-corrected chi connectivity index (χ2v) is 8.54. The first-order chi connectivity index (χ1) is 13.0. The van der Waals surface area contributed by atoms with Gasteiger partial charge in [0.15, 0.2) is 11.7 Å². The highest BCUT2D eigenvalue weighted by atomic mass is 79.9. The highest BCUT2D eigenvalue weighted by Gasteiger charge is 2.12. The topological polar surface area (TPSA) is 51.2 Å². The van der Waals surface area contributed by atoms with Crippen molar-refractivity contribution < 1.29 is 9.53 Å². The van der Waals surface area contributed by atoms with E-state index >= 15 is 0 Å². The predicted octanol–water partition coefficient (Wildman–Crippen LogP) is 6.04. The van der Waals surface area contributed by atoms with Gasteiger partial charge in [-0.15, -0.1) is 0 Å². The van der Waals surface area contributed by atoms with Crippen molar-refractivity contribution in [3.05, 3.63) is 51.5 Å². The molecule has 0 unspecified atom stereocenters. The summed E-state index contributed by atoms with van der Waals surface area (Å²) in [7, 11) is 0. The Balaban J connectivity index is 1.64. The first-order valence-corrected chi connectivity index (χ1v) is 10.7. The lowest BCUT2D eigenvalue weighted by atomic mass is 10.1.